The predicted octanol–water partition coefficient (Wildman–Crippen LogP) is 5.33. The number of likely N-dealkylation sites (N-methyl/N-ethyl adjacent to an activating group) is 2. The summed E-state index contributed by atoms with van der Waals surface area (Å²) in [6.45, 7) is 2.20. The lowest BCUT2D eigenvalue weighted by atomic mass is 9.88. The second-order valence-corrected chi connectivity index (χ2v) is 19.7. The molecule has 72 heavy (non-hydrogen) atoms. The molecule has 0 saturated heterocycles. The molecule has 388 valence electrons. The first-order valence-electron chi connectivity index (χ1n) is 23.0. The molecule has 2 aliphatic rings. The summed E-state index contributed by atoms with van der Waals surface area (Å²) in [5.74, 6) is 6.24. The zero-order valence-electron chi connectivity index (χ0n) is 42.5. The van der Waals surface area contributed by atoms with Crippen molar-refractivity contribution in [1.29, 1.82) is 0 Å². The van der Waals surface area contributed by atoms with E-state index in [2.05, 4.69) is 62.6 Å². The summed E-state index contributed by atoms with van der Waals surface area (Å²) in [6, 6.07) is 36.0. The average molecular weight is 1030 g/mol. The van der Waals surface area contributed by atoms with Gasteiger partial charge in [0.15, 0.2) is 46.0 Å². The van der Waals surface area contributed by atoms with Crippen molar-refractivity contribution in [3.63, 3.8) is 0 Å². The molecule has 4 atom stereocenters. The molecule has 16 nitrogen and oxygen atoms in total. The Bertz CT molecular complexity index is 2720. The van der Waals surface area contributed by atoms with E-state index in [1.54, 1.807) is 69.0 Å². The van der Waals surface area contributed by atoms with Crippen LogP contribution in [0.5, 0.6) is 46.0 Å². The van der Waals surface area contributed by atoms with Crippen molar-refractivity contribution in [3.05, 3.63) is 155 Å². The van der Waals surface area contributed by atoms with Crippen LogP contribution in [0.2, 0.25) is 0 Å². The minimum absolute atomic E-state index is 0.185. The van der Waals surface area contributed by atoms with Gasteiger partial charge in [0.25, 0.3) is 0 Å². The number of benzene rings is 6. The lowest BCUT2D eigenvalue weighted by Crippen LogP contribution is -3.10. The molecule has 4 unspecified atom stereocenters. The van der Waals surface area contributed by atoms with Gasteiger partial charge in [-0.3, -0.25) is 0 Å². The van der Waals surface area contributed by atoms with Gasteiger partial charge in [0, 0.05) is 36.8 Å². The van der Waals surface area contributed by atoms with Gasteiger partial charge in [0.1, 0.15) is 32.3 Å². The lowest BCUT2D eigenvalue weighted by molar-refractivity contribution is -0.914. The van der Waals surface area contributed by atoms with E-state index in [9.17, 15) is 25.9 Å². The predicted molar refractivity (Wildman–Crippen MR) is 271 cm³/mol. The molecule has 0 aliphatic carbocycles. The fourth-order valence-corrected chi connectivity index (χ4v) is 9.71. The Kier molecular flexibility index (Phi) is 20.5. The van der Waals surface area contributed by atoms with Crippen molar-refractivity contribution in [2.24, 2.45) is 0 Å². The molecule has 0 bridgehead atoms. The fraction of sp³-hybridized carbons (Fsp3) is 0.333. The van der Waals surface area contributed by atoms with Crippen LogP contribution < -0.4 is 47.7 Å². The van der Waals surface area contributed by atoms with Crippen LogP contribution in [0.25, 0.3) is 0 Å². The Morgan fingerprint density at radius 1 is 0.417 bits per heavy atom. The normalized spacial score (nSPS) is 16.7. The highest BCUT2D eigenvalue weighted by Gasteiger charge is 2.32. The number of rotatable bonds is 14. The minimum atomic E-state index is -4.25. The number of hydrogen-bond donors (Lipinski definition) is 2. The molecule has 0 radical (unpaired) electrons. The summed E-state index contributed by atoms with van der Waals surface area (Å²) in [5, 5.41) is 0. The third kappa shape index (κ3) is 14.8. The Morgan fingerprint density at radius 3 is 0.986 bits per heavy atom. The number of hydrogen-bond acceptors (Lipinski definition) is 14. The summed E-state index contributed by atoms with van der Waals surface area (Å²) in [4.78, 5) is 2.63. The Morgan fingerprint density at radius 2 is 0.708 bits per heavy atom. The molecular weight excluding hydrogens is 965 g/mol. The average Bonchev–Trinajstić information content (AvgIpc) is 3.39. The van der Waals surface area contributed by atoms with Crippen molar-refractivity contribution in [3.8, 4) is 46.0 Å². The summed E-state index contributed by atoms with van der Waals surface area (Å²) in [5.41, 5.74) is 7.82. The highest BCUT2D eigenvalue weighted by molar-refractivity contribution is 7.86. The number of methoxy groups -OCH3 is 8. The van der Waals surface area contributed by atoms with Gasteiger partial charge in [-0.05, 0) is 95.1 Å². The van der Waals surface area contributed by atoms with Gasteiger partial charge in [-0.1, -0.05) is 48.5 Å². The molecule has 2 N–H and O–H groups in total. The summed E-state index contributed by atoms with van der Waals surface area (Å²) in [7, 11) is 9.42. The molecule has 18 heteroatoms. The standard InChI is InChI=1S/2C21H27NO4.2C6H6O3S/c2*1-22-9-8-15-12-20(25-4)21(26-5)13-16(15)17(22)10-14-6-7-18(23-2)19(11-14)24-3;2*7-10(8,9)6-4-2-1-3-5-6/h2*6-7,11-13,17H,8-10H2,1-5H3;2*1-5H,(H,7,8,9). The second-order valence-electron chi connectivity index (χ2n) is 16.9. The summed E-state index contributed by atoms with van der Waals surface area (Å²) in [6.07, 6.45) is 3.94. The molecule has 0 amide bonds. The molecule has 0 saturated carbocycles. The van der Waals surface area contributed by atoms with Crippen LogP contribution in [-0.2, 0) is 45.9 Å². The number of quaternary nitrogens is 2. The SMILES string of the molecule is COc1ccc(CC2c3cc(OC)c(OC)cc3CC[NH+]2C)cc1OC.COc1ccc(CC2c3cc(OC)c(OC)cc3CC[NH+]2C)cc1OC.O=S(=O)([O-])c1ccccc1.O=S(=O)([O-])c1ccccc1. The van der Waals surface area contributed by atoms with Crippen LogP contribution in [0.4, 0.5) is 0 Å². The summed E-state index contributed by atoms with van der Waals surface area (Å²) >= 11 is 0. The van der Waals surface area contributed by atoms with Gasteiger partial charge in [-0.15, -0.1) is 0 Å². The van der Waals surface area contributed by atoms with Crippen LogP contribution >= 0.6 is 0 Å². The first-order chi connectivity index (χ1) is 34.4. The van der Waals surface area contributed by atoms with Crippen LogP contribution in [0.3, 0.4) is 0 Å². The van der Waals surface area contributed by atoms with E-state index < -0.39 is 20.2 Å². The lowest BCUT2D eigenvalue weighted by Gasteiger charge is -2.32. The molecule has 6 aromatic carbocycles. The molecule has 2 heterocycles. The van der Waals surface area contributed by atoms with Crippen molar-refractivity contribution in [2.45, 2.75) is 47.6 Å². The Balaban J connectivity index is 0.000000195. The van der Waals surface area contributed by atoms with Crippen molar-refractivity contribution >= 4 is 20.2 Å². The molecule has 2 aliphatic heterocycles. The maximum Gasteiger partial charge on any atom is 0.161 e. The van der Waals surface area contributed by atoms with Crippen LogP contribution in [0.1, 0.15) is 45.5 Å². The Hall–Kier alpha value is -6.54. The fourth-order valence-electron chi connectivity index (χ4n) is 8.73. The van der Waals surface area contributed by atoms with E-state index in [-0.39, 0.29) is 9.79 Å². The number of fused-ring (bicyclic) bond motifs is 2. The molecule has 0 aromatic heterocycles. The highest BCUT2D eigenvalue weighted by atomic mass is 32.2. The van der Waals surface area contributed by atoms with E-state index in [1.807, 2.05) is 12.1 Å². The van der Waals surface area contributed by atoms with Crippen molar-refractivity contribution in [2.75, 3.05) is 84.1 Å². The maximum absolute atomic E-state index is 10.3. The zero-order valence-corrected chi connectivity index (χ0v) is 44.1. The quantitative estimate of drug-likeness (QED) is 0.133. The molecule has 8 rings (SSSR count). The molecule has 0 fully saturated rings. The van der Waals surface area contributed by atoms with Crippen LogP contribution in [0.15, 0.2) is 131 Å². The van der Waals surface area contributed by atoms with Gasteiger partial charge in [0.2, 0.25) is 0 Å². The molecular formula is C54H66N2O14S2. The van der Waals surface area contributed by atoms with E-state index in [1.165, 1.54) is 91.7 Å². The van der Waals surface area contributed by atoms with E-state index >= 15 is 0 Å². The van der Waals surface area contributed by atoms with E-state index in [0.717, 1.165) is 84.8 Å². The second kappa shape index (κ2) is 26.2. The van der Waals surface area contributed by atoms with Crippen LogP contribution in [-0.4, -0.2) is 110 Å². The summed E-state index contributed by atoms with van der Waals surface area (Å²) < 4.78 is 105. The van der Waals surface area contributed by atoms with E-state index in [4.69, 9.17) is 37.9 Å². The van der Waals surface area contributed by atoms with Gasteiger partial charge in [-0.2, -0.15) is 0 Å². The smallest absolute Gasteiger partial charge is 0.161 e. The third-order valence-corrected chi connectivity index (χ3v) is 14.3. The van der Waals surface area contributed by atoms with Gasteiger partial charge in [0.05, 0.1) is 93.9 Å². The largest absolute Gasteiger partial charge is 0.744 e. The van der Waals surface area contributed by atoms with Gasteiger partial charge in [-0.25, -0.2) is 16.8 Å². The van der Waals surface area contributed by atoms with E-state index in [0.29, 0.717) is 12.1 Å². The monoisotopic (exact) mass is 1030 g/mol. The Labute approximate surface area is 424 Å². The minimum Gasteiger partial charge on any atom is -0.744 e. The molecule has 6 aromatic rings. The maximum atomic E-state index is 10.3. The zero-order chi connectivity index (χ0) is 52.6. The topological polar surface area (TPSA) is 197 Å². The number of nitrogens with one attached hydrogen (secondary N) is 2. The first kappa shape index (κ1) is 56.4. The van der Waals surface area contributed by atoms with Crippen molar-refractivity contribution < 1.29 is 73.6 Å². The molecule has 0 spiro atoms. The number of ether oxygens (including phenoxy) is 8. The van der Waals surface area contributed by atoms with Crippen molar-refractivity contribution in [1.82, 2.24) is 0 Å². The van der Waals surface area contributed by atoms with Crippen LogP contribution in [0, 0.1) is 0 Å². The first-order valence-corrected chi connectivity index (χ1v) is 25.8. The van der Waals surface area contributed by atoms with Gasteiger partial charge >= 0.3 is 0 Å². The third-order valence-electron chi connectivity index (χ3n) is 12.6. The highest BCUT2D eigenvalue weighted by Crippen LogP contribution is 2.38. The van der Waals surface area contributed by atoms with Gasteiger partial charge < -0.3 is 56.8 Å².